The Morgan fingerprint density at radius 3 is 2.78 bits per heavy atom. The van der Waals surface area contributed by atoms with E-state index in [1.165, 1.54) is 12.3 Å². The van der Waals surface area contributed by atoms with Crippen molar-refractivity contribution in [1.82, 2.24) is 20.1 Å². The minimum Gasteiger partial charge on any atom is -0.393 e. The van der Waals surface area contributed by atoms with E-state index in [0.29, 0.717) is 18.4 Å². The van der Waals surface area contributed by atoms with Crippen LogP contribution in [-0.4, -0.2) is 31.9 Å². The molecule has 2 heterocycles. The summed E-state index contributed by atoms with van der Waals surface area (Å²) in [5.74, 6) is -0.0678. The van der Waals surface area contributed by atoms with Gasteiger partial charge in [0, 0.05) is 25.0 Å². The Hall–Kier alpha value is -2.72. The summed E-state index contributed by atoms with van der Waals surface area (Å²) in [6.45, 7) is 0. The Kier molecular flexibility index (Phi) is 4.08. The van der Waals surface area contributed by atoms with Crippen LogP contribution in [-0.2, 0) is 7.05 Å². The molecule has 1 fully saturated rings. The standard InChI is InChI=1S/C16H17N5O2/c1-21-9-12(8-19-21)15(11-4-14(22)5-11)20-16(23)10-2-3-13(6-17)18-7-10/h2-3,7-9,11,14-15,22H,4-5H2,1H3,(H,20,23). The van der Waals surface area contributed by atoms with Crippen molar-refractivity contribution in [2.75, 3.05) is 0 Å². The number of rotatable bonds is 4. The second-order valence-corrected chi connectivity index (χ2v) is 5.83. The Balaban J connectivity index is 1.77. The third-order valence-electron chi connectivity index (χ3n) is 4.13. The normalized spacial score (nSPS) is 21.1. The molecule has 118 valence electrons. The SMILES string of the molecule is Cn1cc(C(NC(=O)c2ccc(C#N)nc2)C2CC(O)C2)cn1. The predicted molar refractivity (Wildman–Crippen MR) is 81.1 cm³/mol. The van der Waals surface area contributed by atoms with E-state index in [4.69, 9.17) is 5.26 Å². The molecule has 0 bridgehead atoms. The molecule has 1 saturated carbocycles. The number of carbonyl (C=O) groups is 1. The number of nitriles is 1. The van der Waals surface area contributed by atoms with E-state index >= 15 is 0 Å². The number of aliphatic hydroxyl groups is 1. The van der Waals surface area contributed by atoms with Crippen LogP contribution in [0.2, 0.25) is 0 Å². The van der Waals surface area contributed by atoms with Crippen molar-refractivity contribution in [3.8, 4) is 6.07 Å². The highest BCUT2D eigenvalue weighted by Crippen LogP contribution is 2.38. The number of nitrogens with one attached hydrogen (secondary N) is 1. The zero-order valence-corrected chi connectivity index (χ0v) is 12.7. The summed E-state index contributed by atoms with van der Waals surface area (Å²) in [6, 6.07) is 4.82. The zero-order chi connectivity index (χ0) is 16.4. The molecular weight excluding hydrogens is 294 g/mol. The molecule has 1 atom stereocenters. The van der Waals surface area contributed by atoms with Crippen LogP contribution in [0.15, 0.2) is 30.7 Å². The molecular formula is C16H17N5O2. The smallest absolute Gasteiger partial charge is 0.253 e. The van der Waals surface area contributed by atoms with Gasteiger partial charge in [-0.3, -0.25) is 9.48 Å². The Labute approximate surface area is 133 Å². The molecule has 2 aromatic rings. The highest BCUT2D eigenvalue weighted by molar-refractivity contribution is 5.94. The minimum atomic E-state index is -0.298. The van der Waals surface area contributed by atoms with Crippen LogP contribution >= 0.6 is 0 Å². The van der Waals surface area contributed by atoms with E-state index in [0.717, 1.165) is 5.56 Å². The maximum atomic E-state index is 12.4. The van der Waals surface area contributed by atoms with Gasteiger partial charge in [0.2, 0.25) is 0 Å². The second kappa shape index (κ2) is 6.18. The quantitative estimate of drug-likeness (QED) is 0.874. The number of aliphatic hydroxyl groups excluding tert-OH is 1. The largest absolute Gasteiger partial charge is 0.393 e. The summed E-state index contributed by atoms with van der Waals surface area (Å²) in [4.78, 5) is 16.4. The molecule has 23 heavy (non-hydrogen) atoms. The van der Waals surface area contributed by atoms with E-state index in [9.17, 15) is 9.90 Å². The van der Waals surface area contributed by atoms with Crippen molar-refractivity contribution in [2.45, 2.75) is 25.0 Å². The first-order chi connectivity index (χ1) is 11.1. The second-order valence-electron chi connectivity index (χ2n) is 5.83. The fourth-order valence-corrected chi connectivity index (χ4v) is 2.80. The van der Waals surface area contributed by atoms with Gasteiger partial charge >= 0.3 is 0 Å². The molecule has 0 spiro atoms. The van der Waals surface area contributed by atoms with Crippen molar-refractivity contribution < 1.29 is 9.90 Å². The number of nitrogens with zero attached hydrogens (tertiary/aromatic N) is 4. The number of hydrogen-bond donors (Lipinski definition) is 2. The van der Waals surface area contributed by atoms with Gasteiger partial charge in [0.25, 0.3) is 5.91 Å². The summed E-state index contributed by atoms with van der Waals surface area (Å²) >= 11 is 0. The van der Waals surface area contributed by atoms with Crippen molar-refractivity contribution in [1.29, 1.82) is 5.26 Å². The number of carbonyl (C=O) groups excluding carboxylic acids is 1. The van der Waals surface area contributed by atoms with Crippen LogP contribution in [0.4, 0.5) is 0 Å². The summed E-state index contributed by atoms with van der Waals surface area (Å²) in [6.07, 6.45) is 6.01. The lowest BCUT2D eigenvalue weighted by Crippen LogP contribution is -2.41. The van der Waals surface area contributed by atoms with Gasteiger partial charge in [-0.05, 0) is 30.9 Å². The summed E-state index contributed by atoms with van der Waals surface area (Å²) in [5, 5.41) is 25.5. The fourth-order valence-electron chi connectivity index (χ4n) is 2.80. The van der Waals surface area contributed by atoms with E-state index in [1.807, 2.05) is 19.3 Å². The third kappa shape index (κ3) is 3.22. The molecule has 2 aromatic heterocycles. The molecule has 7 nitrogen and oxygen atoms in total. The molecule has 1 unspecified atom stereocenters. The lowest BCUT2D eigenvalue weighted by molar-refractivity contribution is 0.0235. The van der Waals surface area contributed by atoms with Gasteiger partial charge in [0.05, 0.1) is 23.9 Å². The molecule has 1 aliphatic carbocycles. The van der Waals surface area contributed by atoms with E-state index in [2.05, 4.69) is 15.4 Å². The fraction of sp³-hybridized carbons (Fsp3) is 0.375. The molecule has 0 radical (unpaired) electrons. The molecule has 3 rings (SSSR count). The lowest BCUT2D eigenvalue weighted by Gasteiger charge is -2.37. The number of aryl methyl sites for hydroxylation is 1. The Morgan fingerprint density at radius 1 is 1.48 bits per heavy atom. The highest BCUT2D eigenvalue weighted by Gasteiger charge is 2.36. The summed E-state index contributed by atoms with van der Waals surface area (Å²) < 4.78 is 1.69. The van der Waals surface area contributed by atoms with E-state index < -0.39 is 0 Å². The van der Waals surface area contributed by atoms with Gasteiger partial charge in [0.15, 0.2) is 0 Å². The Morgan fingerprint density at radius 2 is 2.26 bits per heavy atom. The average Bonchev–Trinajstić information content (AvgIpc) is 2.96. The first-order valence-electron chi connectivity index (χ1n) is 7.40. The van der Waals surface area contributed by atoms with Crippen molar-refractivity contribution >= 4 is 5.91 Å². The molecule has 0 aromatic carbocycles. The molecule has 0 aliphatic heterocycles. The number of hydrogen-bond acceptors (Lipinski definition) is 5. The zero-order valence-electron chi connectivity index (χ0n) is 12.7. The monoisotopic (exact) mass is 311 g/mol. The molecule has 1 amide bonds. The molecule has 0 saturated heterocycles. The predicted octanol–water partition coefficient (Wildman–Crippen LogP) is 0.929. The minimum absolute atomic E-state index is 0.185. The van der Waals surface area contributed by atoms with Gasteiger partial charge in [-0.1, -0.05) is 0 Å². The maximum Gasteiger partial charge on any atom is 0.253 e. The average molecular weight is 311 g/mol. The third-order valence-corrected chi connectivity index (χ3v) is 4.13. The van der Waals surface area contributed by atoms with Gasteiger partial charge in [-0.2, -0.15) is 10.4 Å². The Bertz CT molecular complexity index is 741. The van der Waals surface area contributed by atoms with Gasteiger partial charge in [-0.25, -0.2) is 4.98 Å². The van der Waals surface area contributed by atoms with Gasteiger partial charge < -0.3 is 10.4 Å². The van der Waals surface area contributed by atoms with Crippen molar-refractivity contribution in [3.63, 3.8) is 0 Å². The molecule has 1 aliphatic rings. The van der Waals surface area contributed by atoms with E-state index in [-0.39, 0.29) is 29.7 Å². The van der Waals surface area contributed by atoms with Gasteiger partial charge in [0.1, 0.15) is 11.8 Å². The number of amides is 1. The highest BCUT2D eigenvalue weighted by atomic mass is 16.3. The first-order valence-corrected chi connectivity index (χ1v) is 7.40. The van der Waals surface area contributed by atoms with Crippen LogP contribution < -0.4 is 5.32 Å². The van der Waals surface area contributed by atoms with Crippen molar-refractivity contribution in [3.05, 3.63) is 47.5 Å². The summed E-state index contributed by atoms with van der Waals surface area (Å²) in [7, 11) is 1.82. The molecule has 2 N–H and O–H groups in total. The number of pyridine rings is 1. The maximum absolute atomic E-state index is 12.4. The van der Waals surface area contributed by atoms with Crippen LogP contribution in [0.1, 0.15) is 40.5 Å². The first kappa shape index (κ1) is 15.2. The number of aromatic nitrogens is 3. The lowest BCUT2D eigenvalue weighted by atomic mass is 9.75. The topological polar surface area (TPSA) is 104 Å². The molecule has 7 heteroatoms. The summed E-state index contributed by atoms with van der Waals surface area (Å²) in [5.41, 5.74) is 1.59. The van der Waals surface area contributed by atoms with Crippen LogP contribution in [0.3, 0.4) is 0 Å². The van der Waals surface area contributed by atoms with Crippen LogP contribution in [0.25, 0.3) is 0 Å². The van der Waals surface area contributed by atoms with Gasteiger partial charge in [-0.15, -0.1) is 0 Å². The van der Waals surface area contributed by atoms with E-state index in [1.54, 1.807) is 16.9 Å². The van der Waals surface area contributed by atoms with Crippen LogP contribution in [0.5, 0.6) is 0 Å². The van der Waals surface area contributed by atoms with Crippen molar-refractivity contribution in [2.24, 2.45) is 13.0 Å². The van der Waals surface area contributed by atoms with Crippen LogP contribution in [0, 0.1) is 17.2 Å².